The predicted octanol–water partition coefficient (Wildman–Crippen LogP) is -1.07. The van der Waals surface area contributed by atoms with Crippen molar-refractivity contribution >= 4 is 13.6 Å². The second-order valence-electron chi connectivity index (χ2n) is 5.55. The molecule has 142 valence electrons. The lowest BCUT2D eigenvalue weighted by atomic mass is 10.2. The van der Waals surface area contributed by atoms with E-state index in [9.17, 15) is 14.3 Å². The number of ether oxygens (including phenoxy) is 3. The van der Waals surface area contributed by atoms with E-state index in [0.29, 0.717) is 12.2 Å². The second-order valence-corrected chi connectivity index (χ2v) is 6.75. The monoisotopic (exact) mass is 378 g/mol. The van der Waals surface area contributed by atoms with Crippen LogP contribution in [0.1, 0.15) is 18.2 Å². The zero-order valence-electron chi connectivity index (χ0n) is 13.9. The van der Waals surface area contributed by atoms with Crippen LogP contribution in [-0.4, -0.2) is 53.6 Å². The molecule has 1 fully saturated rings. The molecule has 11 nitrogen and oxygen atoms in total. The van der Waals surface area contributed by atoms with Crippen LogP contribution in [0.15, 0.2) is 11.0 Å². The zero-order valence-corrected chi connectivity index (χ0v) is 14.8. The van der Waals surface area contributed by atoms with Gasteiger partial charge in [0.15, 0.2) is 6.23 Å². The number of nitrogen functional groups attached to an aromatic ring is 1. The van der Waals surface area contributed by atoms with Gasteiger partial charge in [-0.25, -0.2) is 4.79 Å². The molecule has 0 aliphatic carbocycles. The van der Waals surface area contributed by atoms with Crippen molar-refractivity contribution in [3.8, 4) is 0 Å². The number of phosphoric ester groups is 1. The Balaban J connectivity index is 2.18. The molecule has 2 rings (SSSR count). The van der Waals surface area contributed by atoms with Crippen LogP contribution in [0.3, 0.4) is 0 Å². The minimum atomic E-state index is -4.87. The van der Waals surface area contributed by atoms with Crippen LogP contribution < -0.4 is 16.3 Å². The molecule has 1 aromatic rings. The van der Waals surface area contributed by atoms with Gasteiger partial charge in [-0.3, -0.25) is 9.13 Å². The van der Waals surface area contributed by atoms with Crippen molar-refractivity contribution < 1.29 is 33.1 Å². The SMILES string of the molecule is COCCO[C@H]1C[C@@H](COP(=O)([O-])O)O[C@H]1n1cc(C)c(N)nc1=O. The van der Waals surface area contributed by atoms with Gasteiger partial charge in [-0.15, -0.1) is 0 Å². The van der Waals surface area contributed by atoms with Crippen molar-refractivity contribution in [3.05, 3.63) is 22.2 Å². The van der Waals surface area contributed by atoms with Crippen molar-refractivity contribution in [2.45, 2.75) is 31.8 Å². The molecule has 0 aromatic carbocycles. The Kier molecular flexibility index (Phi) is 6.69. The molecule has 3 N–H and O–H groups in total. The van der Waals surface area contributed by atoms with Crippen molar-refractivity contribution in [2.24, 2.45) is 0 Å². The number of anilines is 1. The number of hydrogen-bond acceptors (Lipinski definition) is 9. The maximum Gasteiger partial charge on any atom is 0.351 e. The number of aromatic nitrogens is 2. The fourth-order valence-electron chi connectivity index (χ4n) is 2.44. The van der Waals surface area contributed by atoms with Crippen LogP contribution in [-0.2, 0) is 23.3 Å². The van der Waals surface area contributed by atoms with E-state index in [1.54, 1.807) is 6.92 Å². The molecule has 12 heteroatoms. The van der Waals surface area contributed by atoms with Gasteiger partial charge in [0.1, 0.15) is 11.9 Å². The summed E-state index contributed by atoms with van der Waals surface area (Å²) in [5.74, 6) is 0.114. The molecule has 0 radical (unpaired) electrons. The van der Waals surface area contributed by atoms with E-state index in [1.807, 2.05) is 0 Å². The Morgan fingerprint density at radius 3 is 2.92 bits per heavy atom. The van der Waals surface area contributed by atoms with Crippen LogP contribution in [0.4, 0.5) is 5.82 Å². The van der Waals surface area contributed by atoms with Crippen molar-refractivity contribution in [1.82, 2.24) is 9.55 Å². The summed E-state index contributed by atoms with van der Waals surface area (Å²) < 4.78 is 32.6. The summed E-state index contributed by atoms with van der Waals surface area (Å²) in [6.45, 7) is 1.89. The first-order valence-electron chi connectivity index (χ1n) is 7.51. The maximum atomic E-state index is 12.1. The number of aryl methyl sites for hydroxylation is 1. The third-order valence-electron chi connectivity index (χ3n) is 3.64. The number of phosphoric acid groups is 1. The van der Waals surface area contributed by atoms with Gasteiger partial charge >= 0.3 is 5.69 Å². The lowest BCUT2D eigenvalue weighted by molar-refractivity contribution is -0.222. The van der Waals surface area contributed by atoms with Gasteiger partial charge in [0.25, 0.3) is 7.82 Å². The zero-order chi connectivity index (χ0) is 18.6. The van der Waals surface area contributed by atoms with Crippen molar-refractivity contribution in [2.75, 3.05) is 32.7 Å². The molecular formula is C13H21N3O8P-. The molecule has 25 heavy (non-hydrogen) atoms. The first-order valence-corrected chi connectivity index (χ1v) is 9.00. The molecule has 0 bridgehead atoms. The van der Waals surface area contributed by atoms with Gasteiger partial charge in [0, 0.05) is 25.3 Å². The smallest absolute Gasteiger partial charge is 0.351 e. The largest absolute Gasteiger partial charge is 0.756 e. The van der Waals surface area contributed by atoms with E-state index >= 15 is 0 Å². The summed E-state index contributed by atoms with van der Waals surface area (Å²) in [5.41, 5.74) is 5.58. The number of nitrogens with two attached hydrogens (primary N) is 1. The summed E-state index contributed by atoms with van der Waals surface area (Å²) >= 11 is 0. The van der Waals surface area contributed by atoms with Gasteiger partial charge in [-0.2, -0.15) is 4.98 Å². The van der Waals surface area contributed by atoms with Crippen molar-refractivity contribution in [1.29, 1.82) is 0 Å². The molecule has 1 unspecified atom stereocenters. The Morgan fingerprint density at radius 1 is 1.56 bits per heavy atom. The standard InChI is InChI=1S/C13H22N3O8P/c1-8-6-16(13(17)15-11(8)14)12-10(22-4-3-21-2)5-9(24-12)7-23-25(18,19)20/h6,9-10,12H,3-5,7H2,1-2H3,(H2,14,15,17)(H2,18,19,20)/p-1/t9-,10-,12+/m0/s1. The molecule has 2 heterocycles. The van der Waals surface area contributed by atoms with Crippen molar-refractivity contribution in [3.63, 3.8) is 0 Å². The predicted molar refractivity (Wildman–Crippen MR) is 83.6 cm³/mol. The van der Waals surface area contributed by atoms with Gasteiger partial charge < -0.3 is 34.3 Å². The third kappa shape index (κ3) is 5.58. The molecule has 0 saturated carbocycles. The van der Waals surface area contributed by atoms with E-state index in [2.05, 4.69) is 9.51 Å². The summed E-state index contributed by atoms with van der Waals surface area (Å²) in [4.78, 5) is 35.3. The Labute approximate surface area is 143 Å². The maximum absolute atomic E-state index is 12.1. The topological polar surface area (TPSA) is 158 Å². The Bertz CT molecular complexity index is 690. The number of methoxy groups -OCH3 is 1. The van der Waals surface area contributed by atoms with Gasteiger partial charge in [0.2, 0.25) is 0 Å². The Hall–Kier alpha value is -1.33. The molecule has 1 saturated heterocycles. The average Bonchev–Trinajstić information content (AvgIpc) is 2.92. The van der Waals surface area contributed by atoms with E-state index in [1.165, 1.54) is 17.9 Å². The van der Waals surface area contributed by atoms with Gasteiger partial charge in [-0.1, -0.05) is 0 Å². The molecule has 1 aromatic heterocycles. The van der Waals surface area contributed by atoms with Crippen LogP contribution in [0.25, 0.3) is 0 Å². The molecular weight excluding hydrogens is 357 g/mol. The summed E-state index contributed by atoms with van der Waals surface area (Å²) in [6.07, 6.45) is -0.345. The molecule has 4 atom stereocenters. The van der Waals surface area contributed by atoms with Gasteiger partial charge in [0.05, 0.1) is 25.9 Å². The average molecular weight is 378 g/mol. The summed E-state index contributed by atoms with van der Waals surface area (Å²) in [6, 6.07) is 0. The summed E-state index contributed by atoms with van der Waals surface area (Å²) in [7, 11) is -3.35. The highest BCUT2D eigenvalue weighted by molar-refractivity contribution is 7.44. The van der Waals surface area contributed by atoms with E-state index in [0.717, 1.165) is 0 Å². The van der Waals surface area contributed by atoms with Crippen LogP contribution in [0.5, 0.6) is 0 Å². The van der Waals surface area contributed by atoms with Crippen LogP contribution >= 0.6 is 7.82 Å². The summed E-state index contributed by atoms with van der Waals surface area (Å²) in [5, 5.41) is 0. The van der Waals surface area contributed by atoms with Gasteiger partial charge in [-0.05, 0) is 6.92 Å². The minimum Gasteiger partial charge on any atom is -0.756 e. The fourth-order valence-corrected chi connectivity index (χ4v) is 2.79. The van der Waals surface area contributed by atoms with E-state index in [4.69, 9.17) is 24.8 Å². The van der Waals surface area contributed by atoms with Crippen LogP contribution in [0, 0.1) is 6.92 Å². The van der Waals surface area contributed by atoms with E-state index < -0.39 is 38.6 Å². The van der Waals surface area contributed by atoms with E-state index in [-0.39, 0.29) is 18.8 Å². The lowest BCUT2D eigenvalue weighted by Gasteiger charge is -2.22. The molecule has 1 aliphatic heterocycles. The number of hydrogen-bond donors (Lipinski definition) is 2. The van der Waals surface area contributed by atoms with Crippen LogP contribution in [0.2, 0.25) is 0 Å². The molecule has 0 spiro atoms. The third-order valence-corrected chi connectivity index (χ3v) is 4.11. The number of nitrogens with zero attached hydrogens (tertiary/aromatic N) is 2. The highest BCUT2D eigenvalue weighted by Crippen LogP contribution is 2.35. The molecule has 0 amide bonds. The normalized spacial score (nSPS) is 25.8. The first-order chi connectivity index (χ1) is 11.7. The highest BCUT2D eigenvalue weighted by atomic mass is 31.2. The Morgan fingerprint density at radius 2 is 2.28 bits per heavy atom. The quantitative estimate of drug-likeness (QED) is 0.421. The lowest BCUT2D eigenvalue weighted by Crippen LogP contribution is -2.34. The minimum absolute atomic E-state index is 0.114. The highest BCUT2D eigenvalue weighted by Gasteiger charge is 2.38. The number of rotatable bonds is 8. The first kappa shape index (κ1) is 20.0. The molecule has 1 aliphatic rings. The second kappa shape index (κ2) is 8.37. The fraction of sp³-hybridized carbons (Fsp3) is 0.692.